The second-order valence-electron chi connectivity index (χ2n) is 11.1. The summed E-state index contributed by atoms with van der Waals surface area (Å²) in [4.78, 5) is 17.4. The SMILES string of the molecule is [B]C1([B])c2cn(C)nc2-c2ccc(F)cc2[C@@H](C)Oc2cc(cnc2NC(=O)OCc2ccc(B(O)O)cc2)-c2c1c(Cl)nn2CC. The molecule has 1 atom stereocenters. The summed E-state index contributed by atoms with van der Waals surface area (Å²) in [7, 11) is 14.0. The minimum Gasteiger partial charge on any atom is -0.482 e. The molecule has 0 spiro atoms. The molecule has 4 heterocycles. The maximum Gasteiger partial charge on any atom is 0.488 e. The van der Waals surface area contributed by atoms with Crippen LogP contribution in [0.25, 0.3) is 22.5 Å². The number of rotatable bonds is 5. The molecule has 2 aromatic carbocycles. The maximum absolute atomic E-state index is 14.7. The van der Waals surface area contributed by atoms with Crippen LogP contribution in [0.3, 0.4) is 0 Å². The molecule has 234 valence electrons. The van der Waals surface area contributed by atoms with E-state index >= 15 is 0 Å². The van der Waals surface area contributed by atoms with Gasteiger partial charge in [0.15, 0.2) is 16.7 Å². The third-order valence-corrected chi connectivity index (χ3v) is 8.17. The van der Waals surface area contributed by atoms with Crippen LogP contribution in [0.15, 0.2) is 60.9 Å². The van der Waals surface area contributed by atoms with Crippen molar-refractivity contribution in [3.8, 4) is 28.3 Å². The number of carbonyl (C=O) groups excluding carboxylic acids is 1. The van der Waals surface area contributed by atoms with E-state index in [1.165, 1.54) is 30.5 Å². The Bertz CT molecular complexity index is 1990. The van der Waals surface area contributed by atoms with E-state index in [4.69, 9.17) is 36.8 Å². The normalized spacial score (nSPS) is 14.8. The molecule has 0 unspecified atom stereocenters. The number of ether oxygens (including phenoxy) is 2. The minimum atomic E-state index is -1.72. The van der Waals surface area contributed by atoms with E-state index < -0.39 is 30.3 Å². The van der Waals surface area contributed by atoms with E-state index in [2.05, 4.69) is 20.5 Å². The van der Waals surface area contributed by atoms with Crippen molar-refractivity contribution in [2.45, 2.75) is 38.3 Å². The van der Waals surface area contributed by atoms with Crippen LogP contribution < -0.4 is 15.5 Å². The van der Waals surface area contributed by atoms with Crippen molar-refractivity contribution in [1.29, 1.82) is 0 Å². The van der Waals surface area contributed by atoms with Crippen LogP contribution in [0, 0.1) is 5.82 Å². The Balaban J connectivity index is 1.45. The second-order valence-corrected chi connectivity index (χ2v) is 11.5. The largest absolute Gasteiger partial charge is 0.488 e. The van der Waals surface area contributed by atoms with Crippen molar-refractivity contribution < 1.29 is 28.7 Å². The number of hydrogen-bond donors (Lipinski definition) is 3. The molecule has 0 saturated carbocycles. The smallest absolute Gasteiger partial charge is 0.482 e. The summed E-state index contributed by atoms with van der Waals surface area (Å²) in [5.74, 6) is -0.337. The van der Waals surface area contributed by atoms with Gasteiger partial charge in [-0.15, -0.1) is 0 Å². The van der Waals surface area contributed by atoms with E-state index in [0.29, 0.717) is 56.8 Å². The van der Waals surface area contributed by atoms with Crippen LogP contribution in [-0.4, -0.2) is 63.5 Å². The van der Waals surface area contributed by atoms with Crippen LogP contribution in [0.4, 0.5) is 15.0 Å². The van der Waals surface area contributed by atoms with Crippen LogP contribution >= 0.6 is 11.6 Å². The second kappa shape index (κ2) is 12.6. The van der Waals surface area contributed by atoms with Gasteiger partial charge in [-0.05, 0) is 59.9 Å². The van der Waals surface area contributed by atoms with Gasteiger partial charge in [0, 0.05) is 48.2 Å². The van der Waals surface area contributed by atoms with Crippen molar-refractivity contribution in [3.63, 3.8) is 0 Å². The predicted molar refractivity (Wildman–Crippen MR) is 176 cm³/mol. The highest BCUT2D eigenvalue weighted by molar-refractivity contribution is 6.58. The average molecular weight is 650 g/mol. The van der Waals surface area contributed by atoms with E-state index in [1.807, 2.05) is 6.92 Å². The third kappa shape index (κ3) is 6.13. The minimum absolute atomic E-state index is 0.0276. The van der Waals surface area contributed by atoms with Gasteiger partial charge in [0.2, 0.25) is 0 Å². The van der Waals surface area contributed by atoms with Gasteiger partial charge in [0.1, 0.15) is 18.5 Å². The lowest BCUT2D eigenvalue weighted by Gasteiger charge is -2.29. The lowest BCUT2D eigenvalue weighted by atomic mass is 9.47. The number of nitrogens with zero attached hydrogens (tertiary/aromatic N) is 5. The van der Waals surface area contributed by atoms with Gasteiger partial charge in [0.25, 0.3) is 0 Å². The lowest BCUT2D eigenvalue weighted by molar-refractivity contribution is 0.154. The zero-order valence-corrected chi connectivity index (χ0v) is 26.4. The molecular formula is C31H27B3ClFN6O5. The lowest BCUT2D eigenvalue weighted by Crippen LogP contribution is -2.30. The molecular weight excluding hydrogens is 623 g/mol. The first-order valence-electron chi connectivity index (χ1n) is 14.6. The molecule has 1 aliphatic rings. The first kappa shape index (κ1) is 32.4. The fourth-order valence-corrected chi connectivity index (χ4v) is 5.95. The Morgan fingerprint density at radius 3 is 2.64 bits per heavy atom. The van der Waals surface area contributed by atoms with Crippen LogP contribution in [0.1, 0.15) is 42.2 Å². The highest BCUT2D eigenvalue weighted by Crippen LogP contribution is 2.45. The van der Waals surface area contributed by atoms with Gasteiger partial charge in [-0.3, -0.25) is 14.7 Å². The van der Waals surface area contributed by atoms with Crippen molar-refractivity contribution in [1.82, 2.24) is 24.5 Å². The van der Waals surface area contributed by atoms with Crippen molar-refractivity contribution >= 4 is 51.8 Å². The Morgan fingerprint density at radius 2 is 1.94 bits per heavy atom. The Labute approximate surface area is 277 Å². The van der Waals surface area contributed by atoms with Crippen LogP contribution in [0.5, 0.6) is 5.75 Å². The molecule has 3 aromatic heterocycles. The van der Waals surface area contributed by atoms with Gasteiger partial charge in [-0.25, -0.2) is 14.2 Å². The first-order valence-corrected chi connectivity index (χ1v) is 15.0. The topological polar surface area (TPSA) is 137 Å². The van der Waals surface area contributed by atoms with Gasteiger partial charge in [-0.1, -0.05) is 35.9 Å². The van der Waals surface area contributed by atoms with Gasteiger partial charge >= 0.3 is 13.2 Å². The summed E-state index contributed by atoms with van der Waals surface area (Å²) in [5.41, 5.74) is 3.97. The van der Waals surface area contributed by atoms with Gasteiger partial charge in [-0.2, -0.15) is 10.2 Å². The number of carbonyl (C=O) groups is 1. The molecule has 11 nitrogen and oxygen atoms in total. The van der Waals surface area contributed by atoms with Crippen molar-refractivity contribution in [2.24, 2.45) is 7.05 Å². The van der Waals surface area contributed by atoms with E-state index in [9.17, 15) is 19.2 Å². The number of benzene rings is 2. The molecule has 6 rings (SSSR count). The fraction of sp³-hybridized carbons (Fsp3) is 0.226. The molecule has 4 radical (unpaired) electrons. The number of amides is 1. The molecule has 3 N–H and O–H groups in total. The van der Waals surface area contributed by atoms with Crippen molar-refractivity contribution in [3.05, 3.63) is 94.1 Å². The Kier molecular flexibility index (Phi) is 8.64. The fourth-order valence-electron chi connectivity index (χ4n) is 5.61. The molecule has 1 aliphatic heterocycles. The number of anilines is 1. The summed E-state index contributed by atoms with van der Waals surface area (Å²) in [6.07, 6.45) is 1.57. The van der Waals surface area contributed by atoms with Crippen LogP contribution in [-0.2, 0) is 30.1 Å². The molecule has 1 amide bonds. The van der Waals surface area contributed by atoms with Crippen molar-refractivity contribution in [2.75, 3.05) is 5.32 Å². The number of fused-ring (bicyclic) bond motifs is 7. The summed E-state index contributed by atoms with van der Waals surface area (Å²) in [5, 5.41) is 28.7. The molecule has 0 aliphatic carbocycles. The number of aryl methyl sites for hydroxylation is 2. The summed E-state index contributed by atoms with van der Waals surface area (Å²) in [6.45, 7) is 3.91. The highest BCUT2D eigenvalue weighted by Gasteiger charge is 2.37. The van der Waals surface area contributed by atoms with E-state index in [1.54, 1.807) is 53.8 Å². The molecule has 16 heteroatoms. The maximum atomic E-state index is 14.7. The number of halogens is 2. The number of pyridine rings is 1. The Morgan fingerprint density at radius 1 is 1.19 bits per heavy atom. The zero-order chi connectivity index (χ0) is 33.6. The summed E-state index contributed by atoms with van der Waals surface area (Å²) in [6, 6.07) is 12.1. The average Bonchev–Trinajstić information content (AvgIpc) is 3.60. The number of nitrogens with one attached hydrogen (secondary N) is 1. The standard InChI is InChI=1S/C31H27B3ClFN6O5/c1-4-42-27-18-11-24(29(37-13-18)38-30(43)46-15-17-5-7-19(8-6-17)34(44)45)47-16(2)22-12-20(36)9-10-21(22)26-23(14-41(3)39-26)31(32,33)25(27)28(35)40-42/h5-14,16,44-45H,4,15H2,1-3H3,(H,37,38,43)/t16-/m1/s1. The summed E-state index contributed by atoms with van der Waals surface area (Å²) < 4.78 is 29.7. The summed E-state index contributed by atoms with van der Waals surface area (Å²) >= 11 is 6.74. The molecule has 0 fully saturated rings. The quantitative estimate of drug-likeness (QED) is 0.246. The molecule has 0 saturated heterocycles. The highest BCUT2D eigenvalue weighted by atomic mass is 35.5. The van der Waals surface area contributed by atoms with Crippen LogP contribution in [0.2, 0.25) is 5.15 Å². The molecule has 2 bridgehead atoms. The Hall–Kier alpha value is -4.59. The molecule has 5 aromatic rings. The van der Waals surface area contributed by atoms with Gasteiger partial charge in [0.05, 0.1) is 27.1 Å². The number of hydrogen-bond acceptors (Lipinski definition) is 8. The third-order valence-electron chi connectivity index (χ3n) is 7.90. The van der Waals surface area contributed by atoms with Gasteiger partial charge < -0.3 is 19.5 Å². The first-order chi connectivity index (χ1) is 22.4. The number of aromatic nitrogens is 5. The predicted octanol–water partition coefficient (Wildman–Crippen LogP) is 3.58. The molecule has 47 heavy (non-hydrogen) atoms. The zero-order valence-electron chi connectivity index (χ0n) is 25.6. The van der Waals surface area contributed by atoms with E-state index in [0.717, 1.165) is 0 Å². The monoisotopic (exact) mass is 650 g/mol. The van der Waals surface area contributed by atoms with E-state index in [-0.39, 0.29) is 23.3 Å².